The van der Waals surface area contributed by atoms with Crippen LogP contribution in [0.3, 0.4) is 0 Å². The minimum atomic E-state index is -0.487. The quantitative estimate of drug-likeness (QED) is 0.432. The van der Waals surface area contributed by atoms with Crippen LogP contribution in [0.4, 0.5) is 5.13 Å². The molecule has 2 aromatic heterocycles. The van der Waals surface area contributed by atoms with Gasteiger partial charge in [-0.1, -0.05) is 23.5 Å². The number of nitrogens with zero attached hydrogens (tertiary/aromatic N) is 2. The first-order valence-electron chi connectivity index (χ1n) is 10.0. The first-order chi connectivity index (χ1) is 15.4. The zero-order valence-corrected chi connectivity index (χ0v) is 18.4. The maximum Gasteiger partial charge on any atom is 0.344 e. The summed E-state index contributed by atoms with van der Waals surface area (Å²) in [5.41, 5.74) is 1.60. The number of carbonyl (C=O) groups is 2. The van der Waals surface area contributed by atoms with Crippen LogP contribution in [0.2, 0.25) is 0 Å². The van der Waals surface area contributed by atoms with Crippen LogP contribution in [0.25, 0.3) is 21.0 Å². The van der Waals surface area contributed by atoms with E-state index in [1.165, 1.54) is 22.1 Å². The van der Waals surface area contributed by atoms with Gasteiger partial charge in [0.1, 0.15) is 12.3 Å². The average Bonchev–Trinajstić information content (AvgIpc) is 3.15. The SMILES string of the molecule is CCOC(=O)COc1cccc2c(=O)n(CC(=O)Nc3nc4ccc(C)cc4s3)ccc12. The molecule has 0 saturated heterocycles. The van der Waals surface area contributed by atoms with Crippen LogP contribution in [0.5, 0.6) is 5.75 Å². The second-order valence-electron chi connectivity index (χ2n) is 7.10. The van der Waals surface area contributed by atoms with Gasteiger partial charge in [-0.2, -0.15) is 0 Å². The molecule has 4 rings (SSSR count). The molecule has 0 saturated carbocycles. The number of anilines is 1. The van der Waals surface area contributed by atoms with Gasteiger partial charge < -0.3 is 19.4 Å². The molecule has 4 aromatic rings. The van der Waals surface area contributed by atoms with Gasteiger partial charge in [-0.05, 0) is 49.7 Å². The highest BCUT2D eigenvalue weighted by atomic mass is 32.1. The van der Waals surface area contributed by atoms with Gasteiger partial charge in [-0.25, -0.2) is 9.78 Å². The van der Waals surface area contributed by atoms with Gasteiger partial charge >= 0.3 is 5.97 Å². The molecule has 0 aliphatic rings. The fourth-order valence-corrected chi connectivity index (χ4v) is 4.26. The predicted molar refractivity (Wildman–Crippen MR) is 123 cm³/mol. The van der Waals surface area contributed by atoms with Gasteiger partial charge in [0.25, 0.3) is 5.56 Å². The molecule has 9 heteroatoms. The topological polar surface area (TPSA) is 99.5 Å². The summed E-state index contributed by atoms with van der Waals surface area (Å²) in [5, 5.41) is 4.19. The first kappa shape index (κ1) is 21.5. The number of amides is 1. The fourth-order valence-electron chi connectivity index (χ4n) is 3.28. The number of benzene rings is 2. The van der Waals surface area contributed by atoms with E-state index in [1.54, 1.807) is 31.2 Å². The van der Waals surface area contributed by atoms with Crippen molar-refractivity contribution in [2.75, 3.05) is 18.5 Å². The van der Waals surface area contributed by atoms with Crippen LogP contribution in [0.1, 0.15) is 12.5 Å². The molecule has 1 N–H and O–H groups in total. The molecule has 0 aliphatic heterocycles. The Balaban J connectivity index is 1.51. The summed E-state index contributed by atoms with van der Waals surface area (Å²) in [6.45, 7) is 3.57. The molecule has 0 atom stereocenters. The number of rotatable bonds is 7. The van der Waals surface area contributed by atoms with Crippen molar-refractivity contribution >= 4 is 49.3 Å². The number of aromatic nitrogens is 2. The lowest BCUT2D eigenvalue weighted by molar-refractivity contribution is -0.145. The van der Waals surface area contributed by atoms with Crippen molar-refractivity contribution in [3.63, 3.8) is 0 Å². The van der Waals surface area contributed by atoms with Crippen molar-refractivity contribution in [3.05, 3.63) is 64.6 Å². The van der Waals surface area contributed by atoms with Gasteiger partial charge in [0.05, 0.1) is 22.2 Å². The van der Waals surface area contributed by atoms with Gasteiger partial charge in [0, 0.05) is 11.6 Å². The van der Waals surface area contributed by atoms with Crippen molar-refractivity contribution in [1.82, 2.24) is 9.55 Å². The Morgan fingerprint density at radius 2 is 2.00 bits per heavy atom. The molecule has 0 radical (unpaired) electrons. The van der Waals surface area contributed by atoms with E-state index in [1.807, 2.05) is 25.1 Å². The third kappa shape index (κ3) is 4.62. The normalized spacial score (nSPS) is 10.9. The summed E-state index contributed by atoms with van der Waals surface area (Å²) >= 11 is 1.39. The molecule has 1 amide bonds. The molecule has 0 unspecified atom stereocenters. The monoisotopic (exact) mass is 451 g/mol. The van der Waals surface area contributed by atoms with Gasteiger partial charge in [-0.3, -0.25) is 9.59 Å². The van der Waals surface area contributed by atoms with Crippen molar-refractivity contribution in [2.24, 2.45) is 0 Å². The standard InChI is InChI=1S/C23H21N3O5S/c1-3-30-21(28)13-31-18-6-4-5-16-15(18)9-10-26(22(16)29)12-20(27)25-23-24-17-8-7-14(2)11-19(17)32-23/h4-11H,3,12-13H2,1-2H3,(H,24,25,27). The summed E-state index contributed by atoms with van der Waals surface area (Å²) in [6.07, 6.45) is 1.53. The Bertz CT molecular complexity index is 1380. The lowest BCUT2D eigenvalue weighted by Crippen LogP contribution is -2.27. The number of pyridine rings is 1. The van der Waals surface area contributed by atoms with E-state index in [0.29, 0.717) is 21.7 Å². The predicted octanol–water partition coefficient (Wildman–Crippen LogP) is 3.50. The van der Waals surface area contributed by atoms with Crippen LogP contribution in [-0.4, -0.2) is 34.6 Å². The summed E-state index contributed by atoms with van der Waals surface area (Å²) in [4.78, 5) is 41.4. The van der Waals surface area contributed by atoms with Crippen LogP contribution in [0, 0.1) is 6.92 Å². The summed E-state index contributed by atoms with van der Waals surface area (Å²) in [5.74, 6) is -0.439. The second kappa shape index (κ2) is 9.19. The number of nitrogens with one attached hydrogen (secondary N) is 1. The zero-order chi connectivity index (χ0) is 22.7. The van der Waals surface area contributed by atoms with E-state index < -0.39 is 5.97 Å². The van der Waals surface area contributed by atoms with Crippen molar-refractivity contribution < 1.29 is 19.1 Å². The number of esters is 1. The van der Waals surface area contributed by atoms with Crippen LogP contribution >= 0.6 is 11.3 Å². The number of carbonyl (C=O) groups excluding carboxylic acids is 2. The molecule has 32 heavy (non-hydrogen) atoms. The highest BCUT2D eigenvalue weighted by molar-refractivity contribution is 7.22. The summed E-state index contributed by atoms with van der Waals surface area (Å²) in [6, 6.07) is 12.6. The van der Waals surface area contributed by atoms with Crippen LogP contribution in [0.15, 0.2) is 53.5 Å². The van der Waals surface area contributed by atoms with E-state index >= 15 is 0 Å². The molecule has 2 aromatic carbocycles. The Morgan fingerprint density at radius 1 is 1.16 bits per heavy atom. The summed E-state index contributed by atoms with van der Waals surface area (Å²) in [7, 11) is 0. The number of thiazole rings is 1. The molecule has 8 nitrogen and oxygen atoms in total. The minimum Gasteiger partial charge on any atom is -0.481 e. The number of ether oxygens (including phenoxy) is 2. The highest BCUT2D eigenvalue weighted by Crippen LogP contribution is 2.27. The van der Waals surface area contributed by atoms with Gasteiger partial charge in [-0.15, -0.1) is 0 Å². The number of aryl methyl sites for hydroxylation is 1. The maximum atomic E-state index is 12.9. The molecule has 164 valence electrons. The fraction of sp³-hybridized carbons (Fsp3) is 0.217. The lowest BCUT2D eigenvalue weighted by Gasteiger charge is -2.11. The van der Waals surface area contributed by atoms with E-state index in [4.69, 9.17) is 9.47 Å². The Labute approximate surface area is 187 Å². The van der Waals surface area contributed by atoms with Crippen molar-refractivity contribution in [3.8, 4) is 5.75 Å². The van der Waals surface area contributed by atoms with E-state index in [0.717, 1.165) is 15.8 Å². The minimum absolute atomic E-state index is 0.155. The summed E-state index contributed by atoms with van der Waals surface area (Å²) < 4.78 is 12.7. The van der Waals surface area contributed by atoms with E-state index in [-0.39, 0.29) is 31.2 Å². The van der Waals surface area contributed by atoms with Crippen molar-refractivity contribution in [1.29, 1.82) is 0 Å². The number of fused-ring (bicyclic) bond motifs is 2. The molecular weight excluding hydrogens is 430 g/mol. The number of hydrogen-bond acceptors (Lipinski definition) is 7. The molecule has 2 heterocycles. The average molecular weight is 452 g/mol. The lowest BCUT2D eigenvalue weighted by atomic mass is 10.1. The molecule has 0 bridgehead atoms. The molecule has 0 spiro atoms. The van der Waals surface area contributed by atoms with E-state index in [2.05, 4.69) is 10.3 Å². The van der Waals surface area contributed by atoms with Gasteiger partial charge in [0.15, 0.2) is 11.7 Å². The number of hydrogen-bond donors (Lipinski definition) is 1. The Kier molecular flexibility index (Phi) is 6.18. The van der Waals surface area contributed by atoms with E-state index in [9.17, 15) is 14.4 Å². The van der Waals surface area contributed by atoms with Crippen molar-refractivity contribution in [2.45, 2.75) is 20.4 Å². The maximum absolute atomic E-state index is 12.9. The third-order valence-electron chi connectivity index (χ3n) is 4.73. The highest BCUT2D eigenvalue weighted by Gasteiger charge is 2.13. The molecule has 0 aliphatic carbocycles. The third-order valence-corrected chi connectivity index (χ3v) is 5.67. The largest absolute Gasteiger partial charge is 0.481 e. The Hall–Kier alpha value is -3.72. The smallest absolute Gasteiger partial charge is 0.344 e. The molecule has 0 fully saturated rings. The second-order valence-corrected chi connectivity index (χ2v) is 8.13. The zero-order valence-electron chi connectivity index (χ0n) is 17.6. The Morgan fingerprint density at radius 3 is 2.81 bits per heavy atom. The molecular formula is C23H21N3O5S. The van der Waals surface area contributed by atoms with Crippen LogP contribution < -0.4 is 15.6 Å². The van der Waals surface area contributed by atoms with Crippen LogP contribution in [-0.2, 0) is 20.9 Å². The van der Waals surface area contributed by atoms with Gasteiger partial charge in [0.2, 0.25) is 5.91 Å². The first-order valence-corrected chi connectivity index (χ1v) is 10.8.